The first-order chi connectivity index (χ1) is 15.2. The number of aliphatic hydroxyl groups excluding tert-OH is 1. The zero-order chi connectivity index (χ0) is 23.1. The Balaban J connectivity index is 1.65. The molecule has 4 N–H and O–H groups in total. The molecule has 2 aromatic rings. The molecule has 1 saturated carbocycles. The number of rotatable bonds is 9. The van der Waals surface area contributed by atoms with Gasteiger partial charge in [-0.1, -0.05) is 5.11 Å². The summed E-state index contributed by atoms with van der Waals surface area (Å²) in [5.74, 6) is 0.167. The summed E-state index contributed by atoms with van der Waals surface area (Å²) in [6, 6.07) is 0.184. The van der Waals surface area contributed by atoms with Gasteiger partial charge in [-0.05, 0) is 32.2 Å². The smallest absolute Gasteiger partial charge is 0.267 e. The van der Waals surface area contributed by atoms with Crippen LogP contribution in [-0.2, 0) is 13.8 Å². The molecule has 1 aliphatic heterocycles. The van der Waals surface area contributed by atoms with Gasteiger partial charge in [-0.3, -0.25) is 9.13 Å². The third kappa shape index (κ3) is 4.25. The van der Waals surface area contributed by atoms with E-state index in [0.717, 1.165) is 12.8 Å². The highest BCUT2D eigenvalue weighted by molar-refractivity contribution is 7.56. The Morgan fingerprint density at radius 3 is 2.94 bits per heavy atom. The van der Waals surface area contributed by atoms with Crippen LogP contribution in [0.3, 0.4) is 0 Å². The van der Waals surface area contributed by atoms with Gasteiger partial charge in [-0.15, -0.1) is 0 Å². The first-order valence-corrected chi connectivity index (χ1v) is 12.3. The third-order valence-electron chi connectivity index (χ3n) is 5.43. The van der Waals surface area contributed by atoms with Crippen molar-refractivity contribution < 1.29 is 23.7 Å². The van der Waals surface area contributed by atoms with Crippen LogP contribution >= 0.6 is 7.52 Å². The third-order valence-corrected chi connectivity index (χ3v) is 6.91. The summed E-state index contributed by atoms with van der Waals surface area (Å²) in [7, 11) is -3.08. The van der Waals surface area contributed by atoms with E-state index < -0.39 is 31.5 Å². The van der Waals surface area contributed by atoms with Crippen molar-refractivity contribution in [3.8, 4) is 5.88 Å². The lowest BCUT2D eigenvalue weighted by atomic mass is 9.93. The van der Waals surface area contributed by atoms with Crippen molar-refractivity contribution in [1.29, 1.82) is 0 Å². The monoisotopic (exact) mass is 467 g/mol. The van der Waals surface area contributed by atoms with Crippen molar-refractivity contribution >= 4 is 24.6 Å². The van der Waals surface area contributed by atoms with E-state index in [-0.39, 0.29) is 30.1 Å². The number of aromatic nitrogens is 4. The molecule has 0 radical (unpaired) electrons. The highest BCUT2D eigenvalue weighted by Crippen LogP contribution is 2.46. The summed E-state index contributed by atoms with van der Waals surface area (Å²) in [6.07, 6.45) is 0.141. The van der Waals surface area contributed by atoms with Crippen molar-refractivity contribution in [1.82, 2.24) is 24.6 Å². The van der Waals surface area contributed by atoms with Crippen molar-refractivity contribution in [2.45, 2.75) is 56.7 Å². The van der Waals surface area contributed by atoms with E-state index in [2.05, 4.69) is 30.1 Å². The van der Waals surface area contributed by atoms with Crippen LogP contribution in [-0.4, -0.2) is 68.3 Å². The van der Waals surface area contributed by atoms with Crippen LogP contribution in [0.25, 0.3) is 21.6 Å². The summed E-state index contributed by atoms with van der Waals surface area (Å²) in [5.41, 5.74) is 14.2. The SMILES string of the molecule is CCOc1nc(N)nc2c1ncn2[C@@H]1O[C@H](COP(C)(=O)NC2CC2)[C@@H](O)[C@@]1(C)N=[N+]=[N-]. The Bertz CT molecular complexity index is 1100. The Labute approximate surface area is 183 Å². The number of anilines is 1. The number of nitrogens with zero attached hydrogens (tertiary/aromatic N) is 7. The van der Waals surface area contributed by atoms with E-state index in [1.54, 1.807) is 13.8 Å². The number of hydrogen-bond donors (Lipinski definition) is 3. The highest BCUT2D eigenvalue weighted by Gasteiger charge is 2.54. The lowest BCUT2D eigenvalue weighted by Crippen LogP contribution is -2.42. The predicted molar refractivity (Wildman–Crippen MR) is 114 cm³/mol. The van der Waals surface area contributed by atoms with Gasteiger partial charge in [-0.2, -0.15) is 9.97 Å². The number of nitrogens with one attached hydrogen (secondary N) is 1. The second-order valence-electron chi connectivity index (χ2n) is 8.08. The summed E-state index contributed by atoms with van der Waals surface area (Å²) in [4.78, 5) is 15.5. The Morgan fingerprint density at radius 2 is 2.28 bits per heavy atom. The fraction of sp³-hybridized carbons (Fsp3) is 0.706. The summed E-state index contributed by atoms with van der Waals surface area (Å²) >= 11 is 0. The minimum Gasteiger partial charge on any atom is -0.476 e. The molecule has 174 valence electrons. The fourth-order valence-corrected chi connectivity index (χ4v) is 5.12. The number of nitrogens with two attached hydrogens (primary N) is 1. The van der Waals surface area contributed by atoms with Crippen molar-refractivity contribution in [3.63, 3.8) is 0 Å². The molecule has 14 nitrogen and oxygen atoms in total. The first-order valence-electron chi connectivity index (χ1n) is 10.2. The second-order valence-corrected chi connectivity index (χ2v) is 10.3. The first kappa shape index (κ1) is 22.7. The van der Waals surface area contributed by atoms with Gasteiger partial charge in [0.1, 0.15) is 11.6 Å². The topological polar surface area (TPSA) is 195 Å². The van der Waals surface area contributed by atoms with Crippen LogP contribution in [0.15, 0.2) is 11.4 Å². The number of imidazole rings is 1. The maximum atomic E-state index is 12.6. The quantitative estimate of drug-likeness (QED) is 0.211. The van der Waals surface area contributed by atoms with Crippen molar-refractivity contribution in [3.05, 3.63) is 16.8 Å². The Hall–Kier alpha value is -2.47. The van der Waals surface area contributed by atoms with Gasteiger partial charge in [0.05, 0.1) is 25.6 Å². The van der Waals surface area contributed by atoms with E-state index in [1.807, 2.05) is 0 Å². The van der Waals surface area contributed by atoms with Crippen LogP contribution in [0.2, 0.25) is 0 Å². The molecule has 1 unspecified atom stereocenters. The molecule has 1 saturated heterocycles. The van der Waals surface area contributed by atoms with E-state index in [1.165, 1.54) is 17.6 Å². The molecule has 5 atom stereocenters. The van der Waals surface area contributed by atoms with Crippen LogP contribution in [0.5, 0.6) is 5.88 Å². The number of azide groups is 1. The van der Waals surface area contributed by atoms with Crippen LogP contribution in [0.1, 0.15) is 32.9 Å². The molecule has 32 heavy (non-hydrogen) atoms. The van der Waals surface area contributed by atoms with Crippen molar-refractivity contribution in [2.24, 2.45) is 5.11 Å². The minimum absolute atomic E-state index is 0.0373. The summed E-state index contributed by atoms with van der Waals surface area (Å²) < 4.78 is 31.2. The highest BCUT2D eigenvalue weighted by atomic mass is 31.2. The maximum Gasteiger partial charge on any atom is 0.267 e. The fourth-order valence-electron chi connectivity index (χ4n) is 3.70. The lowest BCUT2D eigenvalue weighted by Gasteiger charge is -2.28. The zero-order valence-electron chi connectivity index (χ0n) is 18.0. The Morgan fingerprint density at radius 1 is 1.53 bits per heavy atom. The molecule has 0 amide bonds. The summed E-state index contributed by atoms with van der Waals surface area (Å²) in [6.45, 7) is 5.00. The normalized spacial score (nSPS) is 29.6. The predicted octanol–water partition coefficient (Wildman–Crippen LogP) is 1.73. The minimum atomic E-state index is -3.08. The molecule has 0 aromatic carbocycles. The lowest BCUT2D eigenvalue weighted by molar-refractivity contribution is -0.0406. The number of nitrogen functional groups attached to an aromatic ring is 1. The van der Waals surface area contributed by atoms with E-state index in [4.69, 9.17) is 25.3 Å². The number of hydrogen-bond acceptors (Lipinski definition) is 10. The van der Waals surface area contributed by atoms with Crippen LogP contribution in [0, 0.1) is 0 Å². The molecule has 4 rings (SSSR count). The molecule has 2 aliphatic rings. The van der Waals surface area contributed by atoms with Gasteiger partial charge in [0, 0.05) is 17.6 Å². The van der Waals surface area contributed by atoms with Crippen LogP contribution < -0.4 is 15.6 Å². The molecule has 2 fully saturated rings. The van der Waals surface area contributed by atoms with Gasteiger partial charge in [0.25, 0.3) is 7.52 Å². The second kappa shape index (κ2) is 8.47. The van der Waals surface area contributed by atoms with E-state index in [0.29, 0.717) is 12.1 Å². The average molecular weight is 467 g/mol. The largest absolute Gasteiger partial charge is 0.476 e. The van der Waals surface area contributed by atoms with Gasteiger partial charge in [0.15, 0.2) is 17.4 Å². The molecular weight excluding hydrogens is 441 g/mol. The van der Waals surface area contributed by atoms with Gasteiger partial charge in [-0.25, -0.2) is 10.1 Å². The van der Waals surface area contributed by atoms with Gasteiger partial charge in [0.2, 0.25) is 11.8 Å². The molecule has 2 aromatic heterocycles. The number of ether oxygens (including phenoxy) is 2. The molecule has 0 spiro atoms. The zero-order valence-corrected chi connectivity index (χ0v) is 18.8. The van der Waals surface area contributed by atoms with E-state index in [9.17, 15) is 9.67 Å². The molecular formula is C17H26N9O5P. The Kier molecular flexibility index (Phi) is 6.01. The summed E-state index contributed by atoms with van der Waals surface area (Å²) in [5, 5.41) is 17.8. The molecule has 1 aliphatic carbocycles. The average Bonchev–Trinajstić information content (AvgIpc) is 3.37. The standard InChI is InChI=1S/C17H26N9O5P/c1-4-29-14-11-13(21-16(18)22-14)26(8-20-11)15-17(2,24-25-19)12(27)10(31-15)7-30-32(3,28)23-9-5-6-9/h8-10,12,15,27H,4-7H2,1-3H3,(H,23,28)(H2,18,21,22)/t10-,12-,15-,17-,32?/m1/s1. The van der Waals surface area contributed by atoms with Gasteiger partial charge >= 0.3 is 0 Å². The number of aliphatic hydroxyl groups is 1. The van der Waals surface area contributed by atoms with Gasteiger partial charge < -0.3 is 24.8 Å². The molecule has 3 heterocycles. The number of fused-ring (bicyclic) bond motifs is 1. The van der Waals surface area contributed by atoms with E-state index >= 15 is 0 Å². The van der Waals surface area contributed by atoms with Crippen LogP contribution in [0.4, 0.5) is 5.95 Å². The van der Waals surface area contributed by atoms with Crippen molar-refractivity contribution in [2.75, 3.05) is 25.6 Å². The molecule has 15 heteroatoms. The molecule has 0 bridgehead atoms. The maximum absolute atomic E-state index is 12.6.